The zero-order valence-corrected chi connectivity index (χ0v) is 59.9. The van der Waals surface area contributed by atoms with Gasteiger partial charge in [-0.05, 0) is 101 Å². The van der Waals surface area contributed by atoms with Crippen LogP contribution in [-0.4, -0.2) is 175 Å². The van der Waals surface area contributed by atoms with E-state index >= 15 is 0 Å². The molecule has 7 aliphatic heterocycles. The van der Waals surface area contributed by atoms with E-state index in [4.69, 9.17) is 43.0 Å². The Bertz CT molecular complexity index is 3000. The van der Waals surface area contributed by atoms with Crippen LogP contribution in [0.3, 0.4) is 0 Å². The second-order valence-electron chi connectivity index (χ2n) is 17.4. The number of nitrogens with one attached hydrogen (secondary N) is 1. The van der Waals surface area contributed by atoms with Crippen LogP contribution in [-0.2, 0) is 166 Å². The van der Waals surface area contributed by atoms with Crippen molar-refractivity contribution < 1.29 is 26.8 Å². The van der Waals surface area contributed by atoms with Crippen molar-refractivity contribution >= 4 is 216 Å². The normalized spacial score (nSPS) is 22.4. The summed E-state index contributed by atoms with van der Waals surface area (Å²) in [6, 6.07) is 15.0. The molecule has 7 fully saturated rings. The van der Waals surface area contributed by atoms with E-state index in [-0.39, 0.29) is 18.5 Å². The zero-order valence-electron chi connectivity index (χ0n) is 42.2. The Balaban J connectivity index is 0.000000183. The van der Waals surface area contributed by atoms with Crippen molar-refractivity contribution in [1.82, 2.24) is 30.1 Å². The predicted molar refractivity (Wildman–Crippen MR) is 372 cm³/mol. The molecule has 0 amide bonds. The first-order chi connectivity index (χ1) is 37.5. The van der Waals surface area contributed by atoms with Gasteiger partial charge >= 0.3 is 0 Å². The lowest BCUT2D eigenvalue weighted by Gasteiger charge is -2.44. The third-order valence-electron chi connectivity index (χ3n) is 12.6. The van der Waals surface area contributed by atoms with Crippen molar-refractivity contribution in [2.24, 2.45) is 0 Å². The monoisotopic (exact) mass is 1560 g/mol. The van der Waals surface area contributed by atoms with E-state index < -0.39 is 10.1 Å². The van der Waals surface area contributed by atoms with Gasteiger partial charge in [0.2, 0.25) is 0 Å². The highest BCUT2D eigenvalue weighted by Crippen LogP contribution is 2.35. The predicted octanol–water partition coefficient (Wildman–Crippen LogP) is 4.49. The van der Waals surface area contributed by atoms with Gasteiger partial charge in [0.1, 0.15) is 23.6 Å². The summed E-state index contributed by atoms with van der Waals surface area (Å²) in [5.41, 5.74) is 0.850. The number of piperazine rings is 3. The molecular formula is C44H62BrClIN9O6S16. The standard InChI is InChI=1S/C17H21N3O.C13H18IN3O.C9H12BrN3.C5H10O4S.ClH.S15/c1-2-13-3-6-17(18-9-13)19-10-14-4-5-15(11-19)20(14)16-7-8-21-12-16;14-11-1-2-13(15-9-11)17-6-4-16(5-7-17)12-3-8-18-10-12;10-8-1-2-9(12-7-8)13-5-3-11-4-6-13;1-10(6,7)9-5-2-3-8-4-5;;1-3-5-7-9-11-13-15-14-12-10-8-6-4-2/h1,3,6,9,14-16H,4-5,7-8,10-12H2;1-2,9,12H,3-8,10H2;1-2,7,11H,3-6H2;5H,2-4H2,1H3;1H;/t14?,15?,16-;12-;;5-;;/m00.1../s1. The highest BCUT2D eigenvalue weighted by Gasteiger charge is 2.44. The lowest BCUT2D eigenvalue weighted by Crippen LogP contribution is -2.57. The van der Waals surface area contributed by atoms with Gasteiger partial charge in [0.25, 0.3) is 10.1 Å². The number of fused-ring (bicyclic) bond motifs is 2. The lowest BCUT2D eigenvalue weighted by atomic mass is 10.1. The molecule has 78 heavy (non-hydrogen) atoms. The molecule has 0 aliphatic carbocycles. The van der Waals surface area contributed by atoms with Crippen molar-refractivity contribution in [3.63, 3.8) is 0 Å². The first-order valence-electron chi connectivity index (χ1n) is 24.2. The Hall–Kier alpha value is 0.880. The molecule has 2 unspecified atom stereocenters. The van der Waals surface area contributed by atoms with Crippen molar-refractivity contribution in [3.8, 4) is 12.3 Å². The first kappa shape index (κ1) is 69.6. The highest BCUT2D eigenvalue weighted by atomic mass is 127. The van der Waals surface area contributed by atoms with Crippen LogP contribution in [0.5, 0.6) is 0 Å². The number of nitrogens with zero attached hydrogens (tertiary/aromatic N) is 8. The molecule has 436 valence electrons. The molecule has 7 saturated heterocycles. The Morgan fingerprint density at radius 2 is 1.14 bits per heavy atom. The largest absolute Gasteiger partial charge is 0.380 e. The number of ether oxygens (including phenoxy) is 3. The average molecular weight is 1570 g/mol. The fourth-order valence-electron chi connectivity index (χ4n) is 9.23. The molecule has 3 aromatic heterocycles. The smallest absolute Gasteiger partial charge is 0.264 e. The van der Waals surface area contributed by atoms with Crippen LogP contribution in [0.2, 0.25) is 0 Å². The summed E-state index contributed by atoms with van der Waals surface area (Å²) >= 11 is 15.1. The maximum atomic E-state index is 10.5. The molecule has 7 aliphatic rings. The van der Waals surface area contributed by atoms with Gasteiger partial charge in [0.15, 0.2) is 0 Å². The number of anilines is 3. The topological polar surface area (TPSA) is 138 Å². The molecule has 3 aromatic rings. The molecule has 0 aromatic carbocycles. The molecule has 2 bridgehead atoms. The van der Waals surface area contributed by atoms with Crippen LogP contribution in [0.1, 0.15) is 37.7 Å². The third-order valence-corrected chi connectivity index (χ3v) is 41.0. The van der Waals surface area contributed by atoms with Gasteiger partial charge in [-0.25, -0.2) is 15.0 Å². The number of pyridine rings is 3. The number of rotatable bonds is 7. The van der Waals surface area contributed by atoms with Gasteiger partial charge in [-0.1, -0.05) is 5.92 Å². The number of hydrogen-bond acceptors (Lipinski definition) is 17. The minimum Gasteiger partial charge on any atom is -0.380 e. The van der Waals surface area contributed by atoms with E-state index in [1.165, 1.54) is 47.0 Å². The number of terminal acetylenes is 1. The van der Waals surface area contributed by atoms with Crippen LogP contribution in [0, 0.1) is 15.9 Å². The van der Waals surface area contributed by atoms with Gasteiger partial charge < -0.3 is 34.2 Å². The summed E-state index contributed by atoms with van der Waals surface area (Å²) in [7, 11) is 18.4. The Kier molecular flexibility index (Phi) is 36.0. The molecule has 34 heteroatoms. The van der Waals surface area contributed by atoms with Crippen molar-refractivity contribution in [3.05, 3.63) is 68.6 Å². The minimum absolute atomic E-state index is 0. The highest BCUT2D eigenvalue weighted by molar-refractivity contribution is 14.1. The Labute approximate surface area is 535 Å². The van der Waals surface area contributed by atoms with E-state index in [0.29, 0.717) is 43.8 Å². The first-order valence-corrected chi connectivity index (χ1v) is 46.5. The number of halogens is 3. The fraction of sp³-hybridized carbons (Fsp3) is 0.614. The number of aromatic nitrogens is 3. The molecular weight excluding hydrogens is 1510 g/mol. The third kappa shape index (κ3) is 26.2. The van der Waals surface area contributed by atoms with E-state index in [1.54, 1.807) is 104 Å². The average Bonchev–Trinajstić information content (AvgIpc) is 4.41. The molecule has 10 heterocycles. The van der Waals surface area contributed by atoms with Crippen LogP contribution >= 0.6 is 50.9 Å². The summed E-state index contributed by atoms with van der Waals surface area (Å²) in [4.78, 5) is 25.8. The maximum absolute atomic E-state index is 10.5. The van der Waals surface area contributed by atoms with E-state index in [1.807, 2.05) is 24.5 Å². The second kappa shape index (κ2) is 40.3. The molecule has 15 nitrogen and oxygen atoms in total. The Morgan fingerprint density at radius 1 is 0.641 bits per heavy atom. The second-order valence-corrected chi connectivity index (χ2v) is 44.2. The molecule has 0 spiro atoms. The van der Waals surface area contributed by atoms with Crippen LogP contribution in [0.25, 0.3) is 0 Å². The van der Waals surface area contributed by atoms with Gasteiger partial charge in [-0.2, -0.15) is 8.42 Å². The summed E-state index contributed by atoms with van der Waals surface area (Å²) in [6.45, 7) is 15.5. The fourth-order valence-corrected chi connectivity index (χ4v) is 40.6. The summed E-state index contributed by atoms with van der Waals surface area (Å²) in [5.74, 6) is 5.87. The SMILES string of the molecule is Brc1ccc(N2CCNCC2)nc1.C#Cc1ccc(N2CC3CCC(C2)N3[C@H]2CCOC2)nc1.CS(=O)(=O)O[C@@H]1CCOC1.Cl.Ic1ccc(N2CCN([C@H]3CCOC3)CC2)nc1.S=S=S=S=S=S=S=S=S=S=S=S=S=S=S. The van der Waals surface area contributed by atoms with Gasteiger partial charge in [0, 0.05) is 286 Å². The van der Waals surface area contributed by atoms with Crippen LogP contribution in [0.4, 0.5) is 17.5 Å². The zero-order chi connectivity index (χ0) is 54.5. The number of hydrogen-bond donors (Lipinski definition) is 1. The van der Waals surface area contributed by atoms with Gasteiger partial charge in [0.05, 0.1) is 26.1 Å². The van der Waals surface area contributed by atoms with Crippen molar-refractivity contribution in [2.75, 3.05) is 126 Å². The van der Waals surface area contributed by atoms with E-state index in [0.717, 1.165) is 126 Å². The molecule has 10 rings (SSSR count). The van der Waals surface area contributed by atoms with Gasteiger partial charge in [-0.15, -0.1) is 18.8 Å². The minimum atomic E-state index is -3.29. The molecule has 0 saturated carbocycles. The van der Waals surface area contributed by atoms with Gasteiger partial charge in [-0.3, -0.25) is 14.0 Å². The lowest BCUT2D eigenvalue weighted by molar-refractivity contribution is 0.0918. The van der Waals surface area contributed by atoms with Crippen LogP contribution in [0.15, 0.2) is 59.5 Å². The quantitative estimate of drug-likeness (QED) is 0.202. The Morgan fingerprint density at radius 3 is 1.60 bits per heavy atom. The van der Waals surface area contributed by atoms with E-state index in [9.17, 15) is 8.42 Å². The molecule has 5 atom stereocenters. The summed E-state index contributed by atoms with van der Waals surface area (Å²) in [5, 5.41) is 3.32. The molecule has 1 N–H and O–H groups in total. The van der Waals surface area contributed by atoms with Crippen molar-refractivity contribution in [1.29, 1.82) is 0 Å². The summed E-state index contributed by atoms with van der Waals surface area (Å²) < 4.78 is 43.9. The summed E-state index contributed by atoms with van der Waals surface area (Å²) in [6.07, 6.45) is 17.5. The maximum Gasteiger partial charge on any atom is 0.264 e. The van der Waals surface area contributed by atoms with Crippen LogP contribution < -0.4 is 20.0 Å². The van der Waals surface area contributed by atoms with E-state index in [2.05, 4.69) is 118 Å². The molecule has 0 radical (unpaired) electrons. The van der Waals surface area contributed by atoms with Crippen molar-refractivity contribution in [2.45, 2.75) is 62.4 Å².